The van der Waals surface area contributed by atoms with E-state index in [1.54, 1.807) is 24.3 Å². The lowest BCUT2D eigenvalue weighted by Gasteiger charge is -2.44. The van der Waals surface area contributed by atoms with E-state index in [2.05, 4.69) is 0 Å². The average molecular weight is 567 g/mol. The van der Waals surface area contributed by atoms with Crippen LogP contribution in [-0.2, 0) is 18.9 Å². The minimum atomic E-state index is -1.66. The molecule has 2 aromatic rings. The molecule has 0 aromatic heterocycles. The van der Waals surface area contributed by atoms with Gasteiger partial charge in [0.15, 0.2) is 29.3 Å². The van der Waals surface area contributed by atoms with Crippen molar-refractivity contribution in [1.82, 2.24) is 0 Å². The zero-order valence-electron chi connectivity index (χ0n) is 22.2. The first-order valence-corrected chi connectivity index (χ1v) is 12.7. The van der Waals surface area contributed by atoms with Crippen molar-refractivity contribution in [2.75, 3.05) is 41.2 Å². The van der Waals surface area contributed by atoms with Gasteiger partial charge in [0, 0.05) is 5.92 Å². The third-order valence-electron chi connectivity index (χ3n) is 7.89. The molecule has 8 unspecified atom stereocenters. The van der Waals surface area contributed by atoms with Crippen LogP contribution in [0.5, 0.6) is 28.7 Å². The topological polar surface area (TPSA) is 186 Å². The number of aliphatic hydroxyl groups is 4. The second-order valence-corrected chi connectivity index (χ2v) is 10.0. The lowest BCUT2D eigenvalue weighted by atomic mass is 9.80. The maximum atomic E-state index is 10.8. The molecule has 3 fully saturated rings. The summed E-state index contributed by atoms with van der Waals surface area (Å²) in [6.45, 7) is -0.557. The number of hydrogen-bond donors (Lipinski definition) is 6. The van der Waals surface area contributed by atoms with Gasteiger partial charge in [-0.2, -0.15) is 0 Å². The van der Waals surface area contributed by atoms with E-state index < -0.39 is 61.0 Å². The number of rotatable bonds is 8. The molecule has 5 rings (SSSR count). The van der Waals surface area contributed by atoms with Crippen LogP contribution in [-0.4, -0.2) is 108 Å². The Morgan fingerprint density at radius 2 is 1.50 bits per heavy atom. The molecule has 9 atom stereocenters. The molecule has 13 heteroatoms. The van der Waals surface area contributed by atoms with Crippen molar-refractivity contribution in [1.29, 1.82) is 0 Å². The van der Waals surface area contributed by atoms with Crippen molar-refractivity contribution in [3.05, 3.63) is 41.5 Å². The minimum Gasteiger partial charge on any atom is -0.504 e. The van der Waals surface area contributed by atoms with Gasteiger partial charge in [-0.1, -0.05) is 6.07 Å². The normalized spacial score (nSPS) is 35.4. The van der Waals surface area contributed by atoms with Gasteiger partial charge in [0.2, 0.25) is 5.75 Å². The van der Waals surface area contributed by atoms with E-state index in [4.69, 9.17) is 33.2 Å². The second kappa shape index (κ2) is 11.2. The van der Waals surface area contributed by atoms with Crippen LogP contribution in [0.25, 0.3) is 0 Å². The molecule has 0 spiro atoms. The molecule has 0 bridgehead atoms. The Labute approximate surface area is 230 Å². The van der Waals surface area contributed by atoms with Crippen LogP contribution in [0.2, 0.25) is 0 Å². The van der Waals surface area contributed by atoms with Crippen LogP contribution in [0.3, 0.4) is 0 Å². The maximum Gasteiger partial charge on any atom is 0.200 e. The van der Waals surface area contributed by atoms with Gasteiger partial charge in [0.1, 0.15) is 36.1 Å². The number of aliphatic hydroxyl groups excluding tert-OH is 4. The predicted octanol–water partition coefficient (Wildman–Crippen LogP) is 0.138. The molecule has 13 nitrogen and oxygen atoms in total. The zero-order chi connectivity index (χ0) is 28.8. The molecule has 0 aliphatic carbocycles. The summed E-state index contributed by atoms with van der Waals surface area (Å²) in [4.78, 5) is 0. The molecule has 0 radical (unpaired) electrons. The Bertz CT molecular complexity index is 1180. The van der Waals surface area contributed by atoms with Crippen LogP contribution in [0.4, 0.5) is 0 Å². The number of phenols is 2. The van der Waals surface area contributed by atoms with E-state index in [-0.39, 0.29) is 42.0 Å². The molecule has 220 valence electrons. The zero-order valence-corrected chi connectivity index (χ0v) is 22.2. The molecule has 0 amide bonds. The fraction of sp³-hybridized carbons (Fsp3) is 0.556. The highest BCUT2D eigenvalue weighted by atomic mass is 16.7. The summed E-state index contributed by atoms with van der Waals surface area (Å²) in [6, 6.07) is 7.95. The molecule has 3 saturated heterocycles. The van der Waals surface area contributed by atoms with Crippen molar-refractivity contribution in [2.24, 2.45) is 5.92 Å². The monoisotopic (exact) mass is 566 g/mol. The highest BCUT2D eigenvalue weighted by Crippen LogP contribution is 2.57. The number of phenolic OH excluding ortho intramolecular Hbond substituents is 2. The molecule has 40 heavy (non-hydrogen) atoms. The summed E-state index contributed by atoms with van der Waals surface area (Å²) in [5, 5.41) is 61.7. The van der Waals surface area contributed by atoms with Crippen LogP contribution in [0, 0.1) is 5.92 Å². The van der Waals surface area contributed by atoms with E-state index in [9.17, 15) is 30.6 Å². The summed E-state index contributed by atoms with van der Waals surface area (Å²) < 4.78 is 40.6. The third-order valence-corrected chi connectivity index (χ3v) is 7.89. The number of ether oxygens (including phenoxy) is 7. The average Bonchev–Trinajstić information content (AvgIpc) is 3.50. The standard InChI is InChI=1S/C27H34O13/c1-34-16-6-12(4-5-15(16)29)24-14-10-37-25(13-7-17(35-2)20(30)18(8-13)36-3)27(14,11-38-24)40-26-23(33)22(32)21(31)19(9-28)39-26/h4-8,14,19,21-26,28-33H,9-11H2,1-3H3/t14?,19?,21?,22?,23?,24?,25?,26?,27-/m1/s1. The van der Waals surface area contributed by atoms with E-state index in [0.29, 0.717) is 11.1 Å². The summed E-state index contributed by atoms with van der Waals surface area (Å²) >= 11 is 0. The Kier molecular flexibility index (Phi) is 8.01. The van der Waals surface area contributed by atoms with E-state index in [1.807, 2.05) is 0 Å². The van der Waals surface area contributed by atoms with Gasteiger partial charge in [-0.25, -0.2) is 0 Å². The van der Waals surface area contributed by atoms with E-state index in [0.717, 1.165) is 0 Å². The van der Waals surface area contributed by atoms with Crippen LogP contribution >= 0.6 is 0 Å². The van der Waals surface area contributed by atoms with Gasteiger partial charge < -0.3 is 63.8 Å². The summed E-state index contributed by atoms with van der Waals surface area (Å²) in [5.41, 5.74) is -0.161. The van der Waals surface area contributed by atoms with Gasteiger partial charge in [-0.3, -0.25) is 0 Å². The van der Waals surface area contributed by atoms with Crippen molar-refractivity contribution in [3.8, 4) is 28.7 Å². The number of hydrogen-bond acceptors (Lipinski definition) is 13. The number of methoxy groups -OCH3 is 3. The lowest BCUT2D eigenvalue weighted by molar-refractivity contribution is -0.334. The van der Waals surface area contributed by atoms with Gasteiger partial charge in [0.25, 0.3) is 0 Å². The molecular weight excluding hydrogens is 532 g/mol. The SMILES string of the molecule is COc1cc(C2OC[C@]3(OC4OC(CO)C(O)C(O)C4O)C(c4cc(OC)c(O)c(OC)c4)OCC23)ccc1O. The Hall–Kier alpha value is -2.88. The Morgan fingerprint density at radius 1 is 0.850 bits per heavy atom. The quantitative estimate of drug-likeness (QED) is 0.254. The van der Waals surface area contributed by atoms with Crippen molar-refractivity contribution < 1.29 is 63.8 Å². The van der Waals surface area contributed by atoms with Crippen molar-refractivity contribution in [3.63, 3.8) is 0 Å². The van der Waals surface area contributed by atoms with Crippen LogP contribution in [0.15, 0.2) is 30.3 Å². The van der Waals surface area contributed by atoms with E-state index in [1.165, 1.54) is 27.4 Å². The fourth-order valence-electron chi connectivity index (χ4n) is 5.75. The first-order chi connectivity index (χ1) is 19.2. The molecule has 6 N–H and O–H groups in total. The minimum absolute atomic E-state index is 0.0445. The number of benzene rings is 2. The molecule has 2 aromatic carbocycles. The number of aromatic hydroxyl groups is 2. The first-order valence-electron chi connectivity index (χ1n) is 12.7. The summed E-state index contributed by atoms with van der Waals surface area (Å²) in [7, 11) is 4.22. The molecule has 3 aliphatic rings. The second-order valence-electron chi connectivity index (χ2n) is 10.0. The van der Waals surface area contributed by atoms with Gasteiger partial charge in [-0.05, 0) is 35.4 Å². The van der Waals surface area contributed by atoms with Crippen LogP contribution < -0.4 is 14.2 Å². The molecule has 0 saturated carbocycles. The van der Waals surface area contributed by atoms with Gasteiger partial charge in [0.05, 0.1) is 47.3 Å². The highest BCUT2D eigenvalue weighted by molar-refractivity contribution is 5.54. The third kappa shape index (κ3) is 4.62. The Morgan fingerprint density at radius 3 is 2.12 bits per heavy atom. The summed E-state index contributed by atoms with van der Waals surface area (Å²) in [5.74, 6) is -0.256. The largest absolute Gasteiger partial charge is 0.504 e. The summed E-state index contributed by atoms with van der Waals surface area (Å²) in [6.07, 6.45) is -9.01. The van der Waals surface area contributed by atoms with Crippen molar-refractivity contribution in [2.45, 2.75) is 48.5 Å². The first kappa shape index (κ1) is 28.6. The maximum absolute atomic E-state index is 10.8. The predicted molar refractivity (Wildman–Crippen MR) is 134 cm³/mol. The van der Waals surface area contributed by atoms with Gasteiger partial charge in [-0.15, -0.1) is 0 Å². The lowest BCUT2D eigenvalue weighted by Crippen LogP contribution is -2.61. The fourth-order valence-corrected chi connectivity index (χ4v) is 5.75. The number of fused-ring (bicyclic) bond motifs is 1. The highest BCUT2D eigenvalue weighted by Gasteiger charge is 2.63. The molecule has 3 heterocycles. The molecule has 3 aliphatic heterocycles. The molecular formula is C27H34O13. The smallest absolute Gasteiger partial charge is 0.200 e. The van der Waals surface area contributed by atoms with E-state index >= 15 is 0 Å². The Balaban J connectivity index is 1.57. The van der Waals surface area contributed by atoms with Gasteiger partial charge >= 0.3 is 0 Å². The van der Waals surface area contributed by atoms with Crippen molar-refractivity contribution >= 4 is 0 Å². The van der Waals surface area contributed by atoms with Crippen LogP contribution in [0.1, 0.15) is 23.3 Å².